The standard InChI is InChI=1S/C22H36N2O7/c1-11(21-6-13-3-14(7-21)5-15(4-13)8-21)23-10-17(27)19-18(24-12(2)25)16(26)9-22(30,31-19)20(28)29/h11,13-19,23,26-27,30H,3-10H2,1-2H3,(H,24,25)(H,28,29). The van der Waals surface area contributed by atoms with Gasteiger partial charge >= 0.3 is 5.97 Å². The van der Waals surface area contributed by atoms with Gasteiger partial charge in [-0.2, -0.15) is 0 Å². The summed E-state index contributed by atoms with van der Waals surface area (Å²) in [5.41, 5.74) is 0.222. The predicted molar refractivity (Wildman–Crippen MR) is 110 cm³/mol. The molecule has 5 aliphatic rings. The fraction of sp³-hybridized carbons (Fsp3) is 0.909. The number of hydrogen-bond acceptors (Lipinski definition) is 7. The van der Waals surface area contributed by atoms with E-state index in [1.54, 1.807) is 0 Å². The minimum absolute atomic E-state index is 0.103. The van der Waals surface area contributed by atoms with Gasteiger partial charge in [-0.25, -0.2) is 4.79 Å². The molecule has 0 spiro atoms. The second-order valence-electron chi connectivity index (χ2n) is 10.6. The minimum Gasteiger partial charge on any atom is -0.477 e. The summed E-state index contributed by atoms with van der Waals surface area (Å²) in [5, 5.41) is 46.8. The summed E-state index contributed by atoms with van der Waals surface area (Å²) in [4.78, 5) is 23.1. The lowest BCUT2D eigenvalue weighted by Crippen LogP contribution is -2.67. The van der Waals surface area contributed by atoms with Crippen LogP contribution in [-0.2, 0) is 14.3 Å². The Labute approximate surface area is 182 Å². The predicted octanol–water partition coefficient (Wildman–Crippen LogP) is -0.0305. The van der Waals surface area contributed by atoms with Gasteiger partial charge in [0.2, 0.25) is 5.91 Å². The van der Waals surface area contributed by atoms with Gasteiger partial charge in [0.25, 0.3) is 5.79 Å². The van der Waals surface area contributed by atoms with E-state index >= 15 is 0 Å². The smallest absolute Gasteiger partial charge is 0.364 e. The van der Waals surface area contributed by atoms with E-state index in [9.17, 15) is 30.0 Å². The van der Waals surface area contributed by atoms with Gasteiger partial charge in [0, 0.05) is 25.9 Å². The molecule has 4 saturated carbocycles. The highest BCUT2D eigenvalue weighted by atomic mass is 16.7. The van der Waals surface area contributed by atoms with Gasteiger partial charge in [-0.15, -0.1) is 0 Å². The number of rotatable bonds is 7. The van der Waals surface area contributed by atoms with Gasteiger partial charge < -0.3 is 35.8 Å². The molecule has 0 aromatic rings. The third kappa shape index (κ3) is 4.35. The molecule has 6 unspecified atom stereocenters. The fourth-order valence-electron chi connectivity index (χ4n) is 7.18. The van der Waals surface area contributed by atoms with E-state index in [4.69, 9.17) is 4.74 Å². The Balaban J connectivity index is 1.43. The van der Waals surface area contributed by atoms with Crippen molar-refractivity contribution in [3.8, 4) is 0 Å². The van der Waals surface area contributed by atoms with Crippen molar-refractivity contribution in [2.75, 3.05) is 6.54 Å². The number of carboxylic acid groups (broad SMARTS) is 1. The summed E-state index contributed by atoms with van der Waals surface area (Å²) in [5.74, 6) is -2.31. The average molecular weight is 441 g/mol. The van der Waals surface area contributed by atoms with Crippen LogP contribution in [0.3, 0.4) is 0 Å². The highest BCUT2D eigenvalue weighted by Gasteiger charge is 2.55. The van der Waals surface area contributed by atoms with Crippen molar-refractivity contribution < 1.29 is 34.8 Å². The van der Waals surface area contributed by atoms with Crippen molar-refractivity contribution in [3.05, 3.63) is 0 Å². The molecule has 1 aliphatic heterocycles. The van der Waals surface area contributed by atoms with Crippen LogP contribution in [0.5, 0.6) is 0 Å². The van der Waals surface area contributed by atoms with Gasteiger partial charge in [-0.05, 0) is 68.6 Å². The summed E-state index contributed by atoms with van der Waals surface area (Å²) >= 11 is 0. The summed E-state index contributed by atoms with van der Waals surface area (Å²) in [6.07, 6.45) is 3.16. The Morgan fingerprint density at radius 2 is 1.65 bits per heavy atom. The molecule has 1 saturated heterocycles. The lowest BCUT2D eigenvalue weighted by molar-refractivity contribution is -0.289. The number of ether oxygens (including phenoxy) is 1. The summed E-state index contributed by atoms with van der Waals surface area (Å²) in [7, 11) is 0. The first kappa shape index (κ1) is 22.9. The first-order chi connectivity index (χ1) is 14.5. The molecule has 5 fully saturated rings. The molecule has 9 heteroatoms. The van der Waals surface area contributed by atoms with Crippen LogP contribution < -0.4 is 10.6 Å². The monoisotopic (exact) mass is 440 g/mol. The molecule has 0 aromatic heterocycles. The van der Waals surface area contributed by atoms with Crippen LogP contribution in [0.2, 0.25) is 0 Å². The molecule has 6 atom stereocenters. The molecule has 176 valence electrons. The van der Waals surface area contributed by atoms with Crippen molar-refractivity contribution in [2.45, 2.75) is 95.0 Å². The Morgan fingerprint density at radius 3 is 2.13 bits per heavy atom. The Bertz CT molecular complexity index is 681. The van der Waals surface area contributed by atoms with E-state index in [1.807, 2.05) is 0 Å². The van der Waals surface area contributed by atoms with Gasteiger partial charge in [-0.3, -0.25) is 4.79 Å². The Hall–Kier alpha value is -1.26. The maximum atomic E-state index is 11.6. The number of carbonyl (C=O) groups is 2. The molecule has 0 aromatic carbocycles. The minimum atomic E-state index is -2.62. The highest BCUT2D eigenvalue weighted by Crippen LogP contribution is 2.61. The Morgan fingerprint density at radius 1 is 1.10 bits per heavy atom. The third-order valence-corrected chi connectivity index (χ3v) is 8.31. The summed E-state index contributed by atoms with van der Waals surface area (Å²) in [6, 6.07) is -0.856. The quantitative estimate of drug-likeness (QED) is 0.323. The lowest BCUT2D eigenvalue weighted by Gasteiger charge is -2.59. The van der Waals surface area contributed by atoms with Crippen LogP contribution in [0.1, 0.15) is 58.8 Å². The normalized spacial score (nSPS) is 45.8. The molecule has 0 radical (unpaired) electrons. The number of carboxylic acids is 1. The number of aliphatic carboxylic acids is 1. The highest BCUT2D eigenvalue weighted by molar-refractivity contribution is 5.76. The molecule has 5 rings (SSSR count). The van der Waals surface area contributed by atoms with Crippen molar-refractivity contribution in [1.82, 2.24) is 10.6 Å². The van der Waals surface area contributed by atoms with Crippen LogP contribution in [0.25, 0.3) is 0 Å². The molecule has 6 N–H and O–H groups in total. The molecule has 1 heterocycles. The Kier molecular flexibility index (Phi) is 6.11. The molecule has 4 bridgehead atoms. The van der Waals surface area contributed by atoms with Crippen molar-refractivity contribution in [1.29, 1.82) is 0 Å². The van der Waals surface area contributed by atoms with E-state index in [2.05, 4.69) is 17.6 Å². The fourth-order valence-corrected chi connectivity index (χ4v) is 7.18. The van der Waals surface area contributed by atoms with E-state index in [0.717, 1.165) is 17.8 Å². The van der Waals surface area contributed by atoms with Crippen LogP contribution in [0.4, 0.5) is 0 Å². The zero-order valence-corrected chi connectivity index (χ0v) is 18.3. The number of aliphatic hydroxyl groups excluding tert-OH is 2. The van der Waals surface area contributed by atoms with Crippen LogP contribution in [-0.4, -0.2) is 75.0 Å². The lowest BCUT2D eigenvalue weighted by atomic mass is 9.48. The van der Waals surface area contributed by atoms with Crippen LogP contribution >= 0.6 is 0 Å². The number of aliphatic hydroxyl groups is 3. The van der Waals surface area contributed by atoms with Crippen molar-refractivity contribution in [2.24, 2.45) is 23.2 Å². The molecule has 4 aliphatic carbocycles. The maximum Gasteiger partial charge on any atom is 0.364 e. The van der Waals surface area contributed by atoms with E-state index in [-0.39, 0.29) is 18.0 Å². The zero-order chi connectivity index (χ0) is 22.6. The molecule has 31 heavy (non-hydrogen) atoms. The molecule has 9 nitrogen and oxygen atoms in total. The van der Waals surface area contributed by atoms with E-state index in [0.29, 0.717) is 0 Å². The second kappa shape index (κ2) is 8.26. The van der Waals surface area contributed by atoms with Crippen molar-refractivity contribution in [3.63, 3.8) is 0 Å². The van der Waals surface area contributed by atoms with Crippen LogP contribution in [0.15, 0.2) is 0 Å². The maximum absolute atomic E-state index is 11.6. The molecule has 1 amide bonds. The number of amides is 1. The number of hydrogen-bond donors (Lipinski definition) is 6. The topological polar surface area (TPSA) is 148 Å². The first-order valence-electron chi connectivity index (χ1n) is 11.5. The van der Waals surface area contributed by atoms with Gasteiger partial charge in [0.15, 0.2) is 0 Å². The van der Waals surface area contributed by atoms with E-state index in [1.165, 1.54) is 45.4 Å². The van der Waals surface area contributed by atoms with E-state index < -0.39 is 48.4 Å². The van der Waals surface area contributed by atoms with Crippen molar-refractivity contribution >= 4 is 11.9 Å². The number of carbonyl (C=O) groups excluding carboxylic acids is 1. The largest absolute Gasteiger partial charge is 0.477 e. The molecular formula is C22H36N2O7. The second-order valence-corrected chi connectivity index (χ2v) is 10.6. The molecular weight excluding hydrogens is 404 g/mol. The summed E-state index contributed by atoms with van der Waals surface area (Å²) in [6.45, 7) is 3.52. The van der Waals surface area contributed by atoms with Crippen LogP contribution in [0, 0.1) is 23.2 Å². The van der Waals surface area contributed by atoms with Gasteiger partial charge in [0.1, 0.15) is 6.10 Å². The SMILES string of the molecule is CC(=O)NC1C(O)CC(O)(C(=O)O)OC1C(O)CNC(C)C12CC3CC(CC(C3)C1)C2. The average Bonchev–Trinajstić information content (AvgIpc) is 2.66. The summed E-state index contributed by atoms with van der Waals surface area (Å²) < 4.78 is 5.35. The first-order valence-corrected chi connectivity index (χ1v) is 11.5. The number of nitrogens with one attached hydrogen (secondary N) is 2. The zero-order valence-electron chi connectivity index (χ0n) is 18.3. The van der Waals surface area contributed by atoms with Gasteiger partial charge in [-0.1, -0.05) is 0 Å². The third-order valence-electron chi connectivity index (χ3n) is 8.31. The van der Waals surface area contributed by atoms with Gasteiger partial charge in [0.05, 0.1) is 18.2 Å².